The number of carbonyl (C=O) groups excluding carboxylic acids is 1. The van der Waals surface area contributed by atoms with E-state index in [0.717, 1.165) is 10.2 Å². The maximum absolute atomic E-state index is 12.4. The van der Waals surface area contributed by atoms with E-state index >= 15 is 0 Å². The van der Waals surface area contributed by atoms with Gasteiger partial charge in [0, 0.05) is 5.69 Å². The monoisotopic (exact) mass is 453 g/mol. The number of phenolic OH excluding ortho intramolecular Hbond substituents is 1. The Kier molecular flexibility index (Phi) is 5.67. The Hall–Kier alpha value is -3.00. The number of thiazole rings is 1. The van der Waals surface area contributed by atoms with E-state index in [4.69, 9.17) is 23.8 Å². The van der Waals surface area contributed by atoms with Crippen LogP contribution in [-0.4, -0.2) is 21.1 Å². The molecule has 30 heavy (non-hydrogen) atoms. The number of hydrogen-bond acceptors (Lipinski definition) is 5. The van der Waals surface area contributed by atoms with Gasteiger partial charge in [-0.2, -0.15) is 0 Å². The first-order chi connectivity index (χ1) is 14.4. The molecule has 0 radical (unpaired) electrons. The molecule has 8 heteroatoms. The number of carbonyl (C=O) groups is 1. The highest BCUT2D eigenvalue weighted by atomic mass is 35.5. The summed E-state index contributed by atoms with van der Waals surface area (Å²) in [6.45, 7) is 1.79. The van der Waals surface area contributed by atoms with Crippen LogP contribution in [0, 0.1) is 6.92 Å². The number of rotatable bonds is 3. The molecule has 1 amide bonds. The molecule has 0 bridgehead atoms. The van der Waals surface area contributed by atoms with Crippen molar-refractivity contribution >= 4 is 62.1 Å². The zero-order valence-electron chi connectivity index (χ0n) is 15.8. The maximum atomic E-state index is 12.4. The Morgan fingerprint density at radius 3 is 2.63 bits per heavy atom. The van der Waals surface area contributed by atoms with Crippen LogP contribution in [0.2, 0.25) is 5.02 Å². The molecule has 150 valence electrons. The molecule has 3 aromatic carbocycles. The van der Waals surface area contributed by atoms with Crippen LogP contribution in [0.15, 0.2) is 60.7 Å². The van der Waals surface area contributed by atoms with Crippen molar-refractivity contribution in [2.24, 2.45) is 0 Å². The number of nitrogens with zero attached hydrogens (tertiary/aromatic N) is 1. The fraction of sp³-hybridized carbons (Fsp3) is 0.0455. The summed E-state index contributed by atoms with van der Waals surface area (Å²) in [7, 11) is 0. The topological polar surface area (TPSA) is 74.2 Å². The Bertz CT molecular complexity index is 1250. The minimum atomic E-state index is -0.403. The van der Waals surface area contributed by atoms with Gasteiger partial charge in [-0.25, -0.2) is 4.98 Å². The molecule has 0 unspecified atom stereocenters. The van der Waals surface area contributed by atoms with E-state index in [1.807, 2.05) is 24.3 Å². The Balaban J connectivity index is 1.58. The van der Waals surface area contributed by atoms with Crippen molar-refractivity contribution in [3.05, 3.63) is 76.8 Å². The van der Waals surface area contributed by atoms with Gasteiger partial charge >= 0.3 is 0 Å². The summed E-state index contributed by atoms with van der Waals surface area (Å²) >= 11 is 12.8. The maximum Gasteiger partial charge on any atom is 0.258 e. The second-order valence-electron chi connectivity index (χ2n) is 6.56. The number of para-hydroxylation sites is 1. The van der Waals surface area contributed by atoms with Gasteiger partial charge in [0.15, 0.2) is 5.11 Å². The Labute approximate surface area is 187 Å². The quantitative estimate of drug-likeness (QED) is 0.272. The molecule has 0 aliphatic carbocycles. The molecule has 1 heterocycles. The van der Waals surface area contributed by atoms with Crippen molar-refractivity contribution in [2.75, 3.05) is 5.32 Å². The van der Waals surface area contributed by atoms with E-state index in [1.165, 1.54) is 11.3 Å². The highest BCUT2D eigenvalue weighted by Gasteiger charge is 2.15. The Morgan fingerprint density at radius 1 is 1.13 bits per heavy atom. The zero-order chi connectivity index (χ0) is 21.3. The third-order valence-electron chi connectivity index (χ3n) is 4.43. The number of amides is 1. The minimum absolute atomic E-state index is 0.125. The molecule has 0 atom stereocenters. The lowest BCUT2D eigenvalue weighted by molar-refractivity contribution is 0.0978. The third-order valence-corrected chi connectivity index (χ3v) is 6.03. The predicted molar refractivity (Wildman–Crippen MR) is 127 cm³/mol. The summed E-state index contributed by atoms with van der Waals surface area (Å²) in [5, 5.41) is 17.4. The normalized spacial score (nSPS) is 10.7. The van der Waals surface area contributed by atoms with Crippen molar-refractivity contribution in [3.63, 3.8) is 0 Å². The number of anilines is 1. The standard InChI is InChI=1S/C22H16ClN3O2S2/c1-12-10-13(24-22(29)26-20(28)14-6-2-3-7-16(14)23)11-15(19(12)27)21-25-17-8-4-5-9-18(17)30-21/h2-11,27H,1H3,(H2,24,26,28,29). The van der Waals surface area contributed by atoms with Gasteiger partial charge in [0.1, 0.15) is 10.8 Å². The van der Waals surface area contributed by atoms with Crippen LogP contribution in [0.5, 0.6) is 5.75 Å². The number of aryl methyl sites for hydroxylation is 1. The number of thiocarbonyl (C=S) groups is 1. The number of halogens is 1. The fourth-order valence-electron chi connectivity index (χ4n) is 2.98. The smallest absolute Gasteiger partial charge is 0.258 e. The van der Waals surface area contributed by atoms with Gasteiger partial charge in [-0.15, -0.1) is 11.3 Å². The SMILES string of the molecule is Cc1cc(NC(=S)NC(=O)c2ccccc2Cl)cc(-c2nc3ccccc3s2)c1O. The van der Waals surface area contributed by atoms with Crippen LogP contribution in [0.4, 0.5) is 5.69 Å². The second kappa shape index (κ2) is 8.39. The highest BCUT2D eigenvalue weighted by Crippen LogP contribution is 2.38. The molecule has 1 aromatic heterocycles. The summed E-state index contributed by atoms with van der Waals surface area (Å²) in [6, 6.07) is 18.0. The molecule has 0 aliphatic rings. The number of nitrogens with one attached hydrogen (secondary N) is 2. The lowest BCUT2D eigenvalue weighted by Crippen LogP contribution is -2.34. The van der Waals surface area contributed by atoms with Crippen molar-refractivity contribution in [2.45, 2.75) is 6.92 Å². The van der Waals surface area contributed by atoms with Crippen LogP contribution < -0.4 is 10.6 Å². The first kappa shape index (κ1) is 20.3. The van der Waals surface area contributed by atoms with Gasteiger partial charge in [-0.3, -0.25) is 10.1 Å². The molecule has 4 rings (SSSR count). The summed E-state index contributed by atoms with van der Waals surface area (Å²) in [6.07, 6.45) is 0. The number of fused-ring (bicyclic) bond motifs is 1. The van der Waals surface area contributed by atoms with E-state index in [-0.39, 0.29) is 10.9 Å². The first-order valence-corrected chi connectivity index (χ1v) is 10.6. The van der Waals surface area contributed by atoms with Crippen LogP contribution in [-0.2, 0) is 0 Å². The van der Waals surface area contributed by atoms with Crippen LogP contribution >= 0.6 is 35.2 Å². The minimum Gasteiger partial charge on any atom is -0.507 e. The summed E-state index contributed by atoms with van der Waals surface area (Å²) in [5.74, 6) is -0.245. The molecule has 0 fully saturated rings. The number of aromatic nitrogens is 1. The molecule has 0 saturated heterocycles. The molecule has 4 aromatic rings. The molecule has 0 aliphatic heterocycles. The van der Waals surface area contributed by atoms with Gasteiger partial charge < -0.3 is 10.4 Å². The zero-order valence-corrected chi connectivity index (χ0v) is 18.2. The number of aromatic hydroxyl groups is 1. The van der Waals surface area contributed by atoms with Gasteiger partial charge in [-0.1, -0.05) is 35.9 Å². The average Bonchev–Trinajstić information content (AvgIpc) is 3.14. The van der Waals surface area contributed by atoms with Crippen molar-refractivity contribution in [3.8, 4) is 16.3 Å². The number of phenols is 1. The van der Waals surface area contributed by atoms with E-state index in [9.17, 15) is 9.90 Å². The highest BCUT2D eigenvalue weighted by molar-refractivity contribution is 7.80. The van der Waals surface area contributed by atoms with Crippen LogP contribution in [0.1, 0.15) is 15.9 Å². The Morgan fingerprint density at radius 2 is 1.87 bits per heavy atom. The molecule has 0 spiro atoms. The molecule has 5 nitrogen and oxygen atoms in total. The predicted octanol–water partition coefficient (Wildman–Crippen LogP) is 5.76. The summed E-state index contributed by atoms with van der Waals surface area (Å²) in [4.78, 5) is 17.0. The van der Waals surface area contributed by atoms with Gasteiger partial charge in [0.2, 0.25) is 0 Å². The molecule has 0 saturated carbocycles. The number of benzene rings is 3. The summed E-state index contributed by atoms with van der Waals surface area (Å²) < 4.78 is 1.03. The molecule has 3 N–H and O–H groups in total. The third kappa shape index (κ3) is 4.14. The van der Waals surface area contributed by atoms with E-state index in [2.05, 4.69) is 15.6 Å². The van der Waals surface area contributed by atoms with Crippen molar-refractivity contribution < 1.29 is 9.90 Å². The van der Waals surface area contributed by atoms with Crippen LogP contribution in [0.25, 0.3) is 20.8 Å². The second-order valence-corrected chi connectivity index (χ2v) is 8.41. The molecular weight excluding hydrogens is 438 g/mol. The molecular formula is C22H16ClN3O2S2. The lowest BCUT2D eigenvalue weighted by atomic mass is 10.1. The van der Waals surface area contributed by atoms with Crippen molar-refractivity contribution in [1.29, 1.82) is 0 Å². The van der Waals surface area contributed by atoms with E-state index < -0.39 is 5.91 Å². The van der Waals surface area contributed by atoms with E-state index in [1.54, 1.807) is 43.3 Å². The van der Waals surface area contributed by atoms with Gasteiger partial charge in [-0.05, 0) is 61.1 Å². The lowest BCUT2D eigenvalue weighted by Gasteiger charge is -2.13. The van der Waals surface area contributed by atoms with Gasteiger partial charge in [0.25, 0.3) is 5.91 Å². The number of hydrogen-bond donors (Lipinski definition) is 3. The van der Waals surface area contributed by atoms with Crippen molar-refractivity contribution in [1.82, 2.24) is 10.3 Å². The first-order valence-electron chi connectivity index (χ1n) is 8.99. The largest absolute Gasteiger partial charge is 0.507 e. The van der Waals surface area contributed by atoms with Crippen LogP contribution in [0.3, 0.4) is 0 Å². The van der Waals surface area contributed by atoms with E-state index in [0.29, 0.717) is 32.4 Å². The summed E-state index contributed by atoms with van der Waals surface area (Å²) in [5.41, 5.74) is 3.09. The fourth-order valence-corrected chi connectivity index (χ4v) is 4.40. The average molecular weight is 454 g/mol. The van der Waals surface area contributed by atoms with Gasteiger partial charge in [0.05, 0.1) is 26.4 Å².